The maximum absolute atomic E-state index is 13.0. The third kappa shape index (κ3) is 6.26. The number of alkyl halides is 3. The topological polar surface area (TPSA) is 67.0 Å². The predicted molar refractivity (Wildman–Crippen MR) is 135 cm³/mol. The fraction of sp³-hybridized carbons (Fsp3) is 0.375. The summed E-state index contributed by atoms with van der Waals surface area (Å²) in [7, 11) is 0.336. The Hall–Kier alpha value is -2.89. The number of fused-ring (bicyclic) bond motifs is 1. The number of nitrogens with zero attached hydrogens (tertiary/aromatic N) is 5. The highest BCUT2D eigenvalue weighted by Crippen LogP contribution is 2.31. The van der Waals surface area contributed by atoms with Crippen molar-refractivity contribution in [3.63, 3.8) is 0 Å². The SMILES string of the molecule is Cn1cc(C(F)(F)F)nc1-c1ccc(COc2nc(Cl)nc3ccn(COCC[Si](C)(C)C)c23)cc1. The summed E-state index contributed by atoms with van der Waals surface area (Å²) in [6, 6.07) is 9.85. The molecule has 36 heavy (non-hydrogen) atoms. The molecule has 0 aliphatic heterocycles. The number of benzene rings is 1. The van der Waals surface area contributed by atoms with E-state index in [0.29, 0.717) is 35.8 Å². The van der Waals surface area contributed by atoms with Crippen LogP contribution < -0.4 is 4.74 Å². The first kappa shape index (κ1) is 26.2. The van der Waals surface area contributed by atoms with Crippen LogP contribution in [0.3, 0.4) is 0 Å². The van der Waals surface area contributed by atoms with E-state index in [0.717, 1.165) is 17.8 Å². The van der Waals surface area contributed by atoms with Crippen molar-refractivity contribution in [2.24, 2.45) is 7.05 Å². The molecule has 0 unspecified atom stereocenters. The molecule has 4 rings (SSSR count). The lowest BCUT2D eigenvalue weighted by molar-refractivity contribution is -0.140. The first-order valence-corrected chi connectivity index (χ1v) is 15.4. The Kier molecular flexibility index (Phi) is 7.44. The molecule has 0 amide bonds. The van der Waals surface area contributed by atoms with E-state index >= 15 is 0 Å². The summed E-state index contributed by atoms with van der Waals surface area (Å²) in [5.74, 6) is 0.554. The number of hydrogen-bond acceptors (Lipinski definition) is 5. The molecule has 3 aromatic heterocycles. The van der Waals surface area contributed by atoms with Crippen LogP contribution in [0.4, 0.5) is 13.2 Å². The Morgan fingerprint density at radius 2 is 1.75 bits per heavy atom. The molecule has 0 spiro atoms. The summed E-state index contributed by atoms with van der Waals surface area (Å²) in [5.41, 5.74) is 1.76. The molecule has 0 atom stereocenters. The van der Waals surface area contributed by atoms with Gasteiger partial charge in [0.1, 0.15) is 24.7 Å². The van der Waals surface area contributed by atoms with Crippen LogP contribution in [-0.4, -0.2) is 38.8 Å². The van der Waals surface area contributed by atoms with Gasteiger partial charge in [-0.15, -0.1) is 0 Å². The van der Waals surface area contributed by atoms with E-state index in [1.165, 1.54) is 11.6 Å². The smallest absolute Gasteiger partial charge is 0.434 e. The number of imidazole rings is 1. The minimum absolute atomic E-state index is 0.0699. The normalized spacial score (nSPS) is 12.4. The van der Waals surface area contributed by atoms with Gasteiger partial charge in [0.15, 0.2) is 5.69 Å². The van der Waals surface area contributed by atoms with Crippen LogP contribution in [0.25, 0.3) is 22.4 Å². The van der Waals surface area contributed by atoms with Gasteiger partial charge in [0, 0.05) is 39.7 Å². The molecule has 192 valence electrons. The fourth-order valence-corrected chi connectivity index (χ4v) is 4.49. The average Bonchev–Trinajstić information content (AvgIpc) is 3.38. The van der Waals surface area contributed by atoms with Gasteiger partial charge in [0.25, 0.3) is 0 Å². The third-order valence-electron chi connectivity index (χ3n) is 5.53. The summed E-state index contributed by atoms with van der Waals surface area (Å²) in [5, 5.41) is 0.0699. The monoisotopic (exact) mass is 537 g/mol. The number of aromatic nitrogens is 5. The first-order chi connectivity index (χ1) is 16.9. The van der Waals surface area contributed by atoms with Crippen molar-refractivity contribution < 1.29 is 22.6 Å². The van der Waals surface area contributed by atoms with Gasteiger partial charge in [-0.1, -0.05) is 43.9 Å². The van der Waals surface area contributed by atoms with E-state index in [4.69, 9.17) is 21.1 Å². The molecule has 7 nitrogen and oxygen atoms in total. The van der Waals surface area contributed by atoms with Gasteiger partial charge in [-0.05, 0) is 29.3 Å². The Labute approximate surface area is 212 Å². The van der Waals surface area contributed by atoms with Gasteiger partial charge in [-0.3, -0.25) is 0 Å². The quantitative estimate of drug-likeness (QED) is 0.140. The molecular formula is C24H27ClF3N5O2Si. The van der Waals surface area contributed by atoms with Crippen molar-refractivity contribution in [2.75, 3.05) is 6.61 Å². The molecule has 0 saturated heterocycles. The van der Waals surface area contributed by atoms with Gasteiger partial charge in [0.2, 0.25) is 11.2 Å². The summed E-state index contributed by atoms with van der Waals surface area (Å²) >= 11 is 6.10. The number of halogens is 4. The van der Waals surface area contributed by atoms with Gasteiger partial charge in [0.05, 0.1) is 5.52 Å². The van der Waals surface area contributed by atoms with E-state index in [2.05, 4.69) is 34.6 Å². The predicted octanol–water partition coefficient (Wildman–Crippen LogP) is 6.40. The molecule has 0 aliphatic carbocycles. The minimum Gasteiger partial charge on any atom is -0.471 e. The molecule has 0 aliphatic rings. The maximum atomic E-state index is 13.0. The van der Waals surface area contributed by atoms with Crippen molar-refractivity contribution in [3.8, 4) is 17.3 Å². The number of hydrogen-bond donors (Lipinski definition) is 0. The Morgan fingerprint density at radius 3 is 2.39 bits per heavy atom. The summed E-state index contributed by atoms with van der Waals surface area (Å²) < 4.78 is 54.0. The first-order valence-electron chi connectivity index (χ1n) is 11.3. The lowest BCUT2D eigenvalue weighted by Gasteiger charge is -2.16. The highest BCUT2D eigenvalue weighted by molar-refractivity contribution is 6.76. The van der Waals surface area contributed by atoms with E-state index in [1.807, 2.05) is 16.8 Å². The van der Waals surface area contributed by atoms with Crippen molar-refractivity contribution in [1.29, 1.82) is 0 Å². The van der Waals surface area contributed by atoms with Gasteiger partial charge in [-0.2, -0.15) is 18.2 Å². The highest BCUT2D eigenvalue weighted by atomic mass is 35.5. The molecule has 12 heteroatoms. The number of ether oxygens (including phenoxy) is 2. The van der Waals surface area contributed by atoms with E-state index in [1.54, 1.807) is 24.3 Å². The second-order valence-electron chi connectivity index (χ2n) is 9.71. The molecule has 0 bridgehead atoms. The van der Waals surface area contributed by atoms with Gasteiger partial charge >= 0.3 is 6.18 Å². The van der Waals surface area contributed by atoms with Crippen LogP contribution in [0.2, 0.25) is 31.0 Å². The largest absolute Gasteiger partial charge is 0.471 e. The second-order valence-corrected chi connectivity index (χ2v) is 15.7. The highest BCUT2D eigenvalue weighted by Gasteiger charge is 2.34. The number of aryl methyl sites for hydroxylation is 1. The summed E-state index contributed by atoms with van der Waals surface area (Å²) in [6.45, 7) is 8.09. The average molecular weight is 538 g/mol. The van der Waals surface area contributed by atoms with E-state index in [9.17, 15) is 13.2 Å². The van der Waals surface area contributed by atoms with E-state index in [-0.39, 0.29) is 17.7 Å². The molecule has 0 fully saturated rings. The summed E-state index contributed by atoms with van der Waals surface area (Å²) in [6.07, 6.45) is -1.67. The van der Waals surface area contributed by atoms with Gasteiger partial charge in [-0.25, -0.2) is 9.97 Å². The second kappa shape index (κ2) is 10.2. The zero-order valence-corrected chi connectivity index (χ0v) is 22.2. The Bertz CT molecular complexity index is 1350. The number of rotatable bonds is 9. The maximum Gasteiger partial charge on any atom is 0.434 e. The lowest BCUT2D eigenvalue weighted by atomic mass is 10.1. The van der Waals surface area contributed by atoms with Crippen LogP contribution in [-0.2, 0) is 31.3 Å². The van der Waals surface area contributed by atoms with Crippen LogP contribution in [0.5, 0.6) is 5.88 Å². The fourth-order valence-electron chi connectivity index (χ4n) is 3.57. The van der Waals surface area contributed by atoms with Crippen molar-refractivity contribution in [1.82, 2.24) is 24.1 Å². The zero-order chi connectivity index (χ0) is 26.1. The van der Waals surface area contributed by atoms with Crippen LogP contribution in [0.15, 0.2) is 42.7 Å². The van der Waals surface area contributed by atoms with Crippen LogP contribution in [0.1, 0.15) is 11.3 Å². The van der Waals surface area contributed by atoms with Crippen LogP contribution >= 0.6 is 11.6 Å². The molecule has 4 aromatic rings. The van der Waals surface area contributed by atoms with E-state index < -0.39 is 19.9 Å². The summed E-state index contributed by atoms with van der Waals surface area (Å²) in [4.78, 5) is 12.3. The molecule has 3 heterocycles. The Balaban J connectivity index is 1.47. The molecule has 1 aromatic carbocycles. The minimum atomic E-state index is -4.50. The zero-order valence-electron chi connectivity index (χ0n) is 20.4. The van der Waals surface area contributed by atoms with Crippen molar-refractivity contribution in [3.05, 3.63) is 59.3 Å². The lowest BCUT2D eigenvalue weighted by Crippen LogP contribution is -2.22. The molecular weight excluding hydrogens is 511 g/mol. The Morgan fingerprint density at radius 1 is 1.03 bits per heavy atom. The van der Waals surface area contributed by atoms with Gasteiger partial charge < -0.3 is 18.6 Å². The van der Waals surface area contributed by atoms with Crippen LogP contribution in [0, 0.1) is 0 Å². The third-order valence-corrected chi connectivity index (χ3v) is 7.41. The molecule has 0 saturated carbocycles. The molecule has 0 N–H and O–H groups in total. The van der Waals surface area contributed by atoms with Crippen molar-refractivity contribution in [2.45, 2.75) is 45.2 Å². The standard InChI is InChI=1S/C24H27ClF3N5O2Si/c1-32-13-19(24(26,27)28)30-21(32)17-7-5-16(6-8-17)14-35-22-20-18(29-23(25)31-22)9-10-33(20)15-34-11-12-36(2,3)4/h5-10,13H,11-12,14-15H2,1-4H3. The van der Waals surface area contributed by atoms with Crippen molar-refractivity contribution >= 4 is 30.7 Å². The molecule has 0 radical (unpaired) electrons.